The van der Waals surface area contributed by atoms with Crippen molar-refractivity contribution >= 4 is 5.91 Å². The van der Waals surface area contributed by atoms with Gasteiger partial charge in [0.05, 0.1) is 19.0 Å². The predicted octanol–water partition coefficient (Wildman–Crippen LogP) is 0.276. The minimum absolute atomic E-state index is 0.0134. The molecule has 2 aromatic rings. The van der Waals surface area contributed by atoms with Gasteiger partial charge >= 0.3 is 0 Å². The topological polar surface area (TPSA) is 101 Å². The van der Waals surface area contributed by atoms with Crippen molar-refractivity contribution in [3.8, 4) is 0 Å². The number of hydrogen-bond acceptors (Lipinski definition) is 6. The van der Waals surface area contributed by atoms with E-state index in [9.17, 15) is 4.79 Å². The Hall–Kier alpha value is -2.26. The van der Waals surface area contributed by atoms with Crippen LogP contribution in [0.5, 0.6) is 0 Å². The quantitative estimate of drug-likeness (QED) is 0.778. The van der Waals surface area contributed by atoms with Crippen LogP contribution in [0.1, 0.15) is 31.6 Å². The second-order valence-corrected chi connectivity index (χ2v) is 6.48. The molecule has 9 nitrogen and oxygen atoms in total. The Labute approximate surface area is 146 Å². The van der Waals surface area contributed by atoms with Gasteiger partial charge < -0.3 is 14.6 Å². The number of aryl methyl sites for hydroxylation is 1. The zero-order valence-corrected chi connectivity index (χ0v) is 14.8. The van der Waals surface area contributed by atoms with Crippen LogP contribution in [0.15, 0.2) is 18.7 Å². The van der Waals surface area contributed by atoms with E-state index in [1.165, 1.54) is 0 Å². The average molecular weight is 347 g/mol. The van der Waals surface area contributed by atoms with Crippen molar-refractivity contribution in [1.29, 1.82) is 0 Å². The van der Waals surface area contributed by atoms with Crippen LogP contribution in [0.2, 0.25) is 0 Å². The van der Waals surface area contributed by atoms with E-state index in [0.717, 1.165) is 5.82 Å². The molecule has 1 fully saturated rings. The van der Waals surface area contributed by atoms with Crippen molar-refractivity contribution in [2.24, 2.45) is 0 Å². The second kappa shape index (κ2) is 7.75. The molecule has 0 bridgehead atoms. The van der Waals surface area contributed by atoms with Gasteiger partial charge in [-0.2, -0.15) is 5.10 Å². The summed E-state index contributed by atoms with van der Waals surface area (Å²) < 4.78 is 7.71. The third kappa shape index (κ3) is 4.43. The van der Waals surface area contributed by atoms with Crippen LogP contribution in [0.25, 0.3) is 0 Å². The van der Waals surface area contributed by atoms with Crippen molar-refractivity contribution in [3.05, 3.63) is 30.4 Å². The number of nitrogens with zero attached hydrogens (tertiary/aromatic N) is 5. The van der Waals surface area contributed by atoms with E-state index in [-0.39, 0.29) is 24.1 Å². The first kappa shape index (κ1) is 17.6. The Morgan fingerprint density at radius 3 is 3.04 bits per heavy atom. The van der Waals surface area contributed by atoms with Crippen molar-refractivity contribution in [2.75, 3.05) is 19.7 Å². The Balaban J connectivity index is 1.54. The third-order valence-electron chi connectivity index (χ3n) is 4.36. The maximum absolute atomic E-state index is 12.6. The van der Waals surface area contributed by atoms with Crippen LogP contribution in [0.4, 0.5) is 0 Å². The Bertz CT molecular complexity index is 684. The third-order valence-corrected chi connectivity index (χ3v) is 4.36. The van der Waals surface area contributed by atoms with Gasteiger partial charge in [-0.1, -0.05) is 0 Å². The van der Waals surface area contributed by atoms with Gasteiger partial charge in [-0.05, 0) is 20.8 Å². The van der Waals surface area contributed by atoms with Crippen LogP contribution in [-0.4, -0.2) is 67.3 Å². The molecule has 9 heteroatoms. The molecule has 0 aliphatic carbocycles. The number of carbonyl (C=O) groups is 1. The molecule has 3 atom stereocenters. The maximum Gasteiger partial charge on any atom is 0.237 e. The summed E-state index contributed by atoms with van der Waals surface area (Å²) in [6.07, 6.45) is 5.16. The number of carbonyl (C=O) groups excluding carboxylic acids is 1. The van der Waals surface area contributed by atoms with E-state index >= 15 is 0 Å². The number of nitrogens with one attached hydrogen (secondary N) is 2. The van der Waals surface area contributed by atoms with Gasteiger partial charge in [-0.3, -0.25) is 14.8 Å². The number of imidazole rings is 1. The molecule has 1 aliphatic heterocycles. The molecule has 0 spiro atoms. The number of H-pyrrole nitrogens is 1. The number of aromatic amines is 1. The summed E-state index contributed by atoms with van der Waals surface area (Å²) >= 11 is 0. The summed E-state index contributed by atoms with van der Waals surface area (Å²) in [4.78, 5) is 23.0. The largest absolute Gasteiger partial charge is 0.367 e. The highest BCUT2D eigenvalue weighted by molar-refractivity contribution is 5.81. The number of aromatic nitrogens is 5. The van der Waals surface area contributed by atoms with Crippen LogP contribution in [0.3, 0.4) is 0 Å². The molecule has 1 saturated heterocycles. The summed E-state index contributed by atoms with van der Waals surface area (Å²) in [5.74, 6) is 1.41. The minimum atomic E-state index is -0.239. The van der Waals surface area contributed by atoms with Gasteiger partial charge in [0, 0.05) is 38.1 Å². The molecule has 0 radical (unpaired) electrons. The van der Waals surface area contributed by atoms with Crippen LogP contribution < -0.4 is 5.32 Å². The lowest BCUT2D eigenvalue weighted by Crippen LogP contribution is -2.52. The minimum Gasteiger partial charge on any atom is -0.367 e. The van der Waals surface area contributed by atoms with Gasteiger partial charge in [-0.15, -0.1) is 0 Å². The van der Waals surface area contributed by atoms with Gasteiger partial charge in [0.15, 0.2) is 5.82 Å². The average Bonchev–Trinajstić information content (AvgIpc) is 3.25. The molecule has 2 aromatic heterocycles. The first-order valence-electron chi connectivity index (χ1n) is 8.53. The molecule has 3 rings (SSSR count). The van der Waals surface area contributed by atoms with Crippen LogP contribution in [0, 0.1) is 6.92 Å². The van der Waals surface area contributed by atoms with E-state index in [2.05, 4.69) is 30.4 Å². The fourth-order valence-corrected chi connectivity index (χ4v) is 2.97. The molecule has 0 saturated carbocycles. The Morgan fingerprint density at radius 2 is 2.36 bits per heavy atom. The first-order chi connectivity index (χ1) is 12.0. The molecule has 25 heavy (non-hydrogen) atoms. The SMILES string of the molecule is Cc1nc(C2CN(C(C)C(=O)NC(C)Cn3ccnc3)CCO2)n[nH]1. The van der Waals surface area contributed by atoms with Crippen molar-refractivity contribution in [1.82, 2.24) is 34.9 Å². The lowest BCUT2D eigenvalue weighted by Gasteiger charge is -2.35. The van der Waals surface area contributed by atoms with E-state index in [0.29, 0.717) is 32.1 Å². The molecule has 0 aromatic carbocycles. The highest BCUT2D eigenvalue weighted by Crippen LogP contribution is 2.20. The molecule has 1 aliphatic rings. The maximum atomic E-state index is 12.6. The van der Waals surface area contributed by atoms with Crippen molar-refractivity contribution in [3.63, 3.8) is 0 Å². The molecular formula is C16H25N7O2. The van der Waals surface area contributed by atoms with Crippen LogP contribution >= 0.6 is 0 Å². The second-order valence-electron chi connectivity index (χ2n) is 6.48. The number of rotatable bonds is 6. The summed E-state index contributed by atoms with van der Waals surface area (Å²) in [5.41, 5.74) is 0. The first-order valence-corrected chi connectivity index (χ1v) is 8.53. The fraction of sp³-hybridized carbons (Fsp3) is 0.625. The number of hydrogen-bond donors (Lipinski definition) is 2. The van der Waals surface area contributed by atoms with Crippen LogP contribution in [-0.2, 0) is 16.1 Å². The van der Waals surface area contributed by atoms with Gasteiger partial charge in [-0.25, -0.2) is 9.97 Å². The van der Waals surface area contributed by atoms with Gasteiger partial charge in [0.2, 0.25) is 5.91 Å². The molecule has 136 valence electrons. The number of morpholine rings is 1. The van der Waals surface area contributed by atoms with Gasteiger partial charge in [0.25, 0.3) is 0 Å². The zero-order chi connectivity index (χ0) is 17.8. The van der Waals surface area contributed by atoms with Crippen molar-refractivity contribution in [2.45, 2.75) is 45.5 Å². The Kier molecular flexibility index (Phi) is 5.44. The fourth-order valence-electron chi connectivity index (χ4n) is 2.97. The molecule has 3 heterocycles. The molecule has 3 unspecified atom stereocenters. The van der Waals surface area contributed by atoms with E-state index in [1.807, 2.05) is 31.5 Å². The lowest BCUT2D eigenvalue weighted by atomic mass is 10.2. The monoisotopic (exact) mass is 347 g/mol. The number of ether oxygens (including phenoxy) is 1. The molecule has 2 N–H and O–H groups in total. The molecular weight excluding hydrogens is 322 g/mol. The van der Waals surface area contributed by atoms with E-state index in [4.69, 9.17) is 4.74 Å². The Morgan fingerprint density at radius 1 is 1.52 bits per heavy atom. The lowest BCUT2D eigenvalue weighted by molar-refractivity contribution is -0.130. The summed E-state index contributed by atoms with van der Waals surface area (Å²) in [7, 11) is 0. The standard InChI is InChI=1S/C16H25N7O2/c1-11(8-22-5-4-17-10-22)18-16(24)12(2)23-6-7-25-14(9-23)15-19-13(3)20-21-15/h4-5,10-12,14H,6-9H2,1-3H3,(H,18,24)(H,19,20,21). The summed E-state index contributed by atoms with van der Waals surface area (Å²) in [5, 5.41) is 10.1. The summed E-state index contributed by atoms with van der Waals surface area (Å²) in [6, 6.07) is -0.215. The summed E-state index contributed by atoms with van der Waals surface area (Å²) in [6.45, 7) is 8.33. The highest BCUT2D eigenvalue weighted by atomic mass is 16.5. The normalized spacial score (nSPS) is 21.0. The van der Waals surface area contributed by atoms with E-state index in [1.54, 1.807) is 12.5 Å². The highest BCUT2D eigenvalue weighted by Gasteiger charge is 2.30. The predicted molar refractivity (Wildman–Crippen MR) is 90.7 cm³/mol. The molecule has 1 amide bonds. The zero-order valence-electron chi connectivity index (χ0n) is 14.8. The van der Waals surface area contributed by atoms with Gasteiger partial charge in [0.1, 0.15) is 11.9 Å². The smallest absolute Gasteiger partial charge is 0.237 e. The number of amides is 1. The van der Waals surface area contributed by atoms with E-state index < -0.39 is 0 Å². The van der Waals surface area contributed by atoms with Crippen molar-refractivity contribution < 1.29 is 9.53 Å².